The lowest BCUT2D eigenvalue weighted by atomic mass is 10.0. The summed E-state index contributed by atoms with van der Waals surface area (Å²) >= 11 is 0. The number of methoxy groups -OCH3 is 1. The third kappa shape index (κ3) is 5.59. The number of rotatable bonds is 7. The number of hydrogen-bond acceptors (Lipinski definition) is 3. The van der Waals surface area contributed by atoms with E-state index in [1.165, 1.54) is 7.11 Å². The molecule has 5 heteroatoms. The molecule has 0 saturated heterocycles. The average Bonchev–Trinajstić information content (AvgIpc) is 2.39. The molecule has 0 radical (unpaired) electrons. The highest BCUT2D eigenvalue weighted by Gasteiger charge is 2.11. The van der Waals surface area contributed by atoms with Gasteiger partial charge in [0, 0.05) is 13.7 Å². The van der Waals surface area contributed by atoms with Crippen LogP contribution in [0.15, 0.2) is 24.3 Å². The molecule has 2 atom stereocenters. The number of ether oxygens (including phenoxy) is 1. The van der Waals surface area contributed by atoms with Crippen LogP contribution in [-0.4, -0.2) is 37.5 Å². The van der Waals surface area contributed by atoms with Crippen molar-refractivity contribution in [1.29, 1.82) is 0 Å². The van der Waals surface area contributed by atoms with E-state index < -0.39 is 6.10 Å². The lowest BCUT2D eigenvalue weighted by Crippen LogP contribution is -2.38. The molecular formula is C15H24N2O3. The summed E-state index contributed by atoms with van der Waals surface area (Å²) in [5.41, 5.74) is 2.25. The highest BCUT2D eigenvalue weighted by atomic mass is 16.5. The Kier molecular flexibility index (Phi) is 7.04. The second-order valence-corrected chi connectivity index (χ2v) is 4.88. The zero-order valence-electron chi connectivity index (χ0n) is 12.3. The van der Waals surface area contributed by atoms with Crippen molar-refractivity contribution in [2.75, 3.05) is 20.3 Å². The Morgan fingerprint density at radius 3 is 2.75 bits per heavy atom. The van der Waals surface area contributed by atoms with Gasteiger partial charge in [-0.2, -0.15) is 0 Å². The van der Waals surface area contributed by atoms with Gasteiger partial charge in [-0.05, 0) is 31.4 Å². The Morgan fingerprint density at radius 1 is 1.40 bits per heavy atom. The summed E-state index contributed by atoms with van der Waals surface area (Å²) in [4.78, 5) is 11.7. The molecule has 112 valence electrons. The van der Waals surface area contributed by atoms with Crippen molar-refractivity contribution in [3.05, 3.63) is 35.4 Å². The van der Waals surface area contributed by atoms with Crippen LogP contribution in [-0.2, 0) is 4.74 Å². The van der Waals surface area contributed by atoms with Gasteiger partial charge in [-0.1, -0.05) is 24.3 Å². The van der Waals surface area contributed by atoms with Crippen molar-refractivity contribution in [3.8, 4) is 0 Å². The monoisotopic (exact) mass is 280 g/mol. The molecule has 0 aliphatic carbocycles. The number of urea groups is 1. The van der Waals surface area contributed by atoms with E-state index in [-0.39, 0.29) is 18.7 Å². The molecule has 2 unspecified atom stereocenters. The molecule has 1 aromatic carbocycles. The summed E-state index contributed by atoms with van der Waals surface area (Å²) in [5, 5.41) is 15.1. The van der Waals surface area contributed by atoms with Crippen LogP contribution in [0.5, 0.6) is 0 Å². The molecule has 0 saturated carbocycles. The molecule has 0 aliphatic rings. The third-order valence-electron chi connectivity index (χ3n) is 3.12. The summed E-state index contributed by atoms with van der Waals surface area (Å²) in [7, 11) is 1.53. The van der Waals surface area contributed by atoms with E-state index in [1.807, 2.05) is 38.1 Å². The van der Waals surface area contributed by atoms with E-state index in [2.05, 4.69) is 10.6 Å². The number of carbonyl (C=O) groups is 1. The van der Waals surface area contributed by atoms with Crippen LogP contribution in [0, 0.1) is 6.92 Å². The van der Waals surface area contributed by atoms with Crippen LogP contribution in [0.4, 0.5) is 4.79 Å². The van der Waals surface area contributed by atoms with Crippen molar-refractivity contribution >= 4 is 6.03 Å². The van der Waals surface area contributed by atoms with Crippen molar-refractivity contribution < 1.29 is 14.6 Å². The van der Waals surface area contributed by atoms with E-state index in [1.54, 1.807) is 0 Å². The minimum atomic E-state index is -0.547. The van der Waals surface area contributed by atoms with Crippen LogP contribution in [0.1, 0.15) is 30.5 Å². The van der Waals surface area contributed by atoms with Gasteiger partial charge in [-0.25, -0.2) is 4.79 Å². The molecule has 1 rings (SSSR count). The fourth-order valence-electron chi connectivity index (χ4n) is 2.03. The zero-order chi connectivity index (χ0) is 15.0. The van der Waals surface area contributed by atoms with Gasteiger partial charge in [0.15, 0.2) is 0 Å². The molecule has 5 nitrogen and oxygen atoms in total. The number of hydrogen-bond donors (Lipinski definition) is 3. The minimum absolute atomic E-state index is 0.0555. The number of aryl methyl sites for hydroxylation is 1. The standard InChI is InChI=1S/C15H24N2O3/c1-11-6-4-5-7-14(11)12(2)17-15(19)16-9-8-13(18)10-20-3/h4-7,12-13,18H,8-10H2,1-3H3,(H2,16,17,19). The maximum atomic E-state index is 11.7. The molecule has 0 heterocycles. The molecule has 3 N–H and O–H groups in total. The summed E-state index contributed by atoms with van der Waals surface area (Å²) in [6.45, 7) is 4.66. The molecule has 1 aromatic rings. The lowest BCUT2D eigenvalue weighted by molar-refractivity contribution is 0.0598. The molecule has 0 fully saturated rings. The first-order valence-electron chi connectivity index (χ1n) is 6.81. The number of aliphatic hydroxyl groups excluding tert-OH is 1. The Labute approximate surface area is 120 Å². The summed E-state index contributed by atoms with van der Waals surface area (Å²) in [5.74, 6) is 0. The van der Waals surface area contributed by atoms with Gasteiger partial charge in [0.2, 0.25) is 0 Å². The van der Waals surface area contributed by atoms with E-state index >= 15 is 0 Å². The van der Waals surface area contributed by atoms with Crippen LogP contribution < -0.4 is 10.6 Å². The highest BCUT2D eigenvalue weighted by molar-refractivity contribution is 5.74. The molecule has 20 heavy (non-hydrogen) atoms. The van der Waals surface area contributed by atoms with Crippen molar-refractivity contribution in [2.45, 2.75) is 32.4 Å². The Hall–Kier alpha value is -1.59. The maximum Gasteiger partial charge on any atom is 0.315 e. The number of aliphatic hydroxyl groups is 1. The van der Waals surface area contributed by atoms with E-state index in [4.69, 9.17) is 4.74 Å². The number of benzene rings is 1. The van der Waals surface area contributed by atoms with Gasteiger partial charge in [-0.3, -0.25) is 0 Å². The van der Waals surface area contributed by atoms with Crippen LogP contribution >= 0.6 is 0 Å². The first-order valence-corrected chi connectivity index (χ1v) is 6.81. The quantitative estimate of drug-likeness (QED) is 0.712. The van der Waals surface area contributed by atoms with E-state index in [0.29, 0.717) is 13.0 Å². The van der Waals surface area contributed by atoms with E-state index in [0.717, 1.165) is 11.1 Å². The predicted octanol–water partition coefficient (Wildman–Crippen LogP) is 1.75. The number of nitrogens with one attached hydrogen (secondary N) is 2. The van der Waals surface area contributed by atoms with Crippen LogP contribution in [0.2, 0.25) is 0 Å². The SMILES string of the molecule is COCC(O)CCNC(=O)NC(C)c1ccccc1C. The summed E-state index contributed by atoms with van der Waals surface area (Å²) in [6, 6.07) is 7.67. The van der Waals surface area contributed by atoms with Gasteiger partial charge in [0.1, 0.15) is 0 Å². The molecule has 2 amide bonds. The van der Waals surface area contributed by atoms with Crippen molar-refractivity contribution in [3.63, 3.8) is 0 Å². The van der Waals surface area contributed by atoms with Crippen LogP contribution in [0.25, 0.3) is 0 Å². The zero-order valence-corrected chi connectivity index (χ0v) is 12.3. The van der Waals surface area contributed by atoms with Gasteiger partial charge >= 0.3 is 6.03 Å². The summed E-state index contributed by atoms with van der Waals surface area (Å²) < 4.78 is 4.82. The molecule has 0 aliphatic heterocycles. The molecule has 0 spiro atoms. The fraction of sp³-hybridized carbons (Fsp3) is 0.533. The fourth-order valence-corrected chi connectivity index (χ4v) is 2.03. The highest BCUT2D eigenvalue weighted by Crippen LogP contribution is 2.16. The van der Waals surface area contributed by atoms with Gasteiger partial charge in [-0.15, -0.1) is 0 Å². The topological polar surface area (TPSA) is 70.6 Å². The Morgan fingerprint density at radius 2 is 2.10 bits per heavy atom. The molecule has 0 bridgehead atoms. The average molecular weight is 280 g/mol. The number of amides is 2. The van der Waals surface area contributed by atoms with Gasteiger partial charge < -0.3 is 20.5 Å². The second kappa shape index (κ2) is 8.55. The molecular weight excluding hydrogens is 256 g/mol. The molecule has 0 aromatic heterocycles. The van der Waals surface area contributed by atoms with Gasteiger partial charge in [0.25, 0.3) is 0 Å². The third-order valence-corrected chi connectivity index (χ3v) is 3.12. The van der Waals surface area contributed by atoms with Gasteiger partial charge in [0.05, 0.1) is 18.8 Å². The lowest BCUT2D eigenvalue weighted by Gasteiger charge is -2.17. The minimum Gasteiger partial charge on any atom is -0.391 e. The first kappa shape index (κ1) is 16.5. The predicted molar refractivity (Wildman–Crippen MR) is 78.6 cm³/mol. The first-order chi connectivity index (χ1) is 9.54. The Balaban J connectivity index is 2.34. The smallest absolute Gasteiger partial charge is 0.315 e. The van der Waals surface area contributed by atoms with E-state index in [9.17, 15) is 9.90 Å². The van der Waals surface area contributed by atoms with Crippen LogP contribution in [0.3, 0.4) is 0 Å². The second-order valence-electron chi connectivity index (χ2n) is 4.88. The largest absolute Gasteiger partial charge is 0.391 e. The Bertz CT molecular complexity index is 423. The maximum absolute atomic E-state index is 11.7. The normalized spacial score (nSPS) is 13.6. The van der Waals surface area contributed by atoms with Crippen molar-refractivity contribution in [1.82, 2.24) is 10.6 Å². The van der Waals surface area contributed by atoms with Crippen molar-refractivity contribution in [2.24, 2.45) is 0 Å². The summed E-state index contributed by atoms with van der Waals surface area (Å²) in [6.07, 6.45) is -0.0749. The number of carbonyl (C=O) groups excluding carboxylic acids is 1.